The average Bonchev–Trinajstić information content (AvgIpc) is 3.14. The second-order valence-electron chi connectivity index (χ2n) is 6.73. The summed E-state index contributed by atoms with van der Waals surface area (Å²) in [7, 11) is 0. The molecule has 0 spiro atoms. The van der Waals surface area contributed by atoms with Gasteiger partial charge in [-0.3, -0.25) is 9.69 Å². The van der Waals surface area contributed by atoms with Crippen molar-refractivity contribution < 1.29 is 9.53 Å². The van der Waals surface area contributed by atoms with Crippen molar-refractivity contribution in [3.63, 3.8) is 0 Å². The zero-order valence-electron chi connectivity index (χ0n) is 14.8. The van der Waals surface area contributed by atoms with Crippen LogP contribution in [0.5, 0.6) is 5.75 Å². The van der Waals surface area contributed by atoms with Gasteiger partial charge in [0.05, 0.1) is 18.9 Å². The van der Waals surface area contributed by atoms with E-state index in [4.69, 9.17) is 22.1 Å². The van der Waals surface area contributed by atoms with Crippen LogP contribution in [0.2, 0.25) is 5.02 Å². The van der Waals surface area contributed by atoms with E-state index in [1.807, 2.05) is 29.0 Å². The van der Waals surface area contributed by atoms with Crippen LogP contribution in [-0.4, -0.2) is 40.1 Å². The minimum absolute atomic E-state index is 0.0671. The van der Waals surface area contributed by atoms with Crippen LogP contribution in [-0.2, 0) is 17.9 Å². The molecule has 0 radical (unpaired) electrons. The second kappa shape index (κ2) is 9.05. The Morgan fingerprint density at radius 3 is 3.08 bits per heavy atom. The van der Waals surface area contributed by atoms with Crippen LogP contribution in [0.3, 0.4) is 0 Å². The van der Waals surface area contributed by atoms with Gasteiger partial charge in [-0.15, -0.1) is 0 Å². The fourth-order valence-corrected chi connectivity index (χ4v) is 3.53. The molecule has 3 rings (SSSR count). The first-order valence-corrected chi connectivity index (χ1v) is 9.38. The summed E-state index contributed by atoms with van der Waals surface area (Å²) in [5.41, 5.74) is 6.53. The molecule has 1 amide bonds. The number of nitrogens with zero attached hydrogens (tertiary/aromatic N) is 3. The number of nitrogens with two attached hydrogens (primary N) is 1. The number of aryl methyl sites for hydroxylation is 1. The Kier molecular flexibility index (Phi) is 6.52. The number of hydrogen-bond donors (Lipinski definition) is 1. The topological polar surface area (TPSA) is 73.4 Å². The highest BCUT2D eigenvalue weighted by Crippen LogP contribution is 2.26. The average molecular weight is 377 g/mol. The van der Waals surface area contributed by atoms with Crippen LogP contribution < -0.4 is 10.5 Å². The van der Waals surface area contributed by atoms with Crippen molar-refractivity contribution in [2.45, 2.75) is 32.4 Å². The van der Waals surface area contributed by atoms with Crippen molar-refractivity contribution in [3.8, 4) is 5.75 Å². The van der Waals surface area contributed by atoms with E-state index < -0.39 is 0 Å². The number of imidazole rings is 1. The third-order valence-electron chi connectivity index (χ3n) is 4.70. The van der Waals surface area contributed by atoms with E-state index in [-0.39, 0.29) is 11.8 Å². The molecule has 0 aliphatic carbocycles. The van der Waals surface area contributed by atoms with E-state index >= 15 is 0 Å². The molecule has 1 aliphatic heterocycles. The minimum atomic E-state index is -0.211. The molecule has 0 unspecified atom stereocenters. The third kappa shape index (κ3) is 5.22. The Morgan fingerprint density at radius 2 is 2.31 bits per heavy atom. The van der Waals surface area contributed by atoms with Gasteiger partial charge >= 0.3 is 0 Å². The normalized spacial score (nSPS) is 18.0. The summed E-state index contributed by atoms with van der Waals surface area (Å²) in [6.45, 7) is 3.85. The summed E-state index contributed by atoms with van der Waals surface area (Å²) in [4.78, 5) is 17.8. The van der Waals surface area contributed by atoms with Crippen LogP contribution in [0.25, 0.3) is 0 Å². The molecule has 2 aromatic rings. The van der Waals surface area contributed by atoms with Crippen LogP contribution in [0.15, 0.2) is 36.9 Å². The van der Waals surface area contributed by atoms with E-state index in [0.29, 0.717) is 24.7 Å². The highest BCUT2D eigenvalue weighted by Gasteiger charge is 2.24. The molecule has 1 aromatic heterocycles. The maximum absolute atomic E-state index is 11.5. The number of carbonyl (C=O) groups excluding carboxylic acids is 1. The number of hydrogen-bond acceptors (Lipinski definition) is 4. The van der Waals surface area contributed by atoms with Crippen molar-refractivity contribution in [1.82, 2.24) is 14.5 Å². The maximum atomic E-state index is 11.5. The number of benzene rings is 1. The smallest absolute Gasteiger partial charge is 0.221 e. The number of primary amides is 1. The van der Waals surface area contributed by atoms with Gasteiger partial charge in [0.2, 0.25) is 5.91 Å². The van der Waals surface area contributed by atoms with Crippen LogP contribution in [0.1, 0.15) is 24.8 Å². The lowest BCUT2D eigenvalue weighted by molar-refractivity contribution is -0.123. The monoisotopic (exact) mass is 376 g/mol. The Labute approximate surface area is 158 Å². The number of halogens is 1. The predicted octanol–water partition coefficient (Wildman–Crippen LogP) is 2.70. The molecule has 2 heterocycles. The van der Waals surface area contributed by atoms with Crippen molar-refractivity contribution >= 4 is 17.5 Å². The van der Waals surface area contributed by atoms with Gasteiger partial charge < -0.3 is 15.0 Å². The van der Waals surface area contributed by atoms with E-state index in [2.05, 4.69) is 9.88 Å². The zero-order chi connectivity index (χ0) is 18.4. The van der Waals surface area contributed by atoms with Gasteiger partial charge in [0, 0.05) is 42.6 Å². The van der Waals surface area contributed by atoms with Crippen LogP contribution >= 0.6 is 11.6 Å². The molecule has 0 bridgehead atoms. The number of piperidine rings is 1. The van der Waals surface area contributed by atoms with Gasteiger partial charge in [-0.05, 0) is 44.0 Å². The van der Waals surface area contributed by atoms with Gasteiger partial charge in [-0.2, -0.15) is 0 Å². The number of amides is 1. The lowest BCUT2D eigenvalue weighted by Gasteiger charge is -2.31. The van der Waals surface area contributed by atoms with E-state index in [1.165, 1.54) is 0 Å². The molecule has 1 atom stereocenters. The molecule has 1 saturated heterocycles. The molecule has 140 valence electrons. The standard InChI is InChI=1S/C19H25ClN4O2/c20-17-4-5-18(26-10-2-8-23-9-6-22-14-23)16(11-17)13-24-7-1-3-15(12-24)19(21)25/h4-6,9,11,14-15H,1-3,7-8,10,12-13H2,(H2,21,25)/t15-/m0/s1. The summed E-state index contributed by atoms with van der Waals surface area (Å²) in [6.07, 6.45) is 8.27. The summed E-state index contributed by atoms with van der Waals surface area (Å²) in [6, 6.07) is 5.71. The number of likely N-dealkylation sites (tertiary alicyclic amines) is 1. The largest absolute Gasteiger partial charge is 0.493 e. The second-order valence-corrected chi connectivity index (χ2v) is 7.17. The number of rotatable bonds is 8. The van der Waals surface area contributed by atoms with Gasteiger partial charge in [0.1, 0.15) is 5.75 Å². The lowest BCUT2D eigenvalue weighted by Crippen LogP contribution is -2.40. The van der Waals surface area contributed by atoms with Crippen molar-refractivity contribution in [1.29, 1.82) is 0 Å². The summed E-state index contributed by atoms with van der Waals surface area (Å²) >= 11 is 6.18. The van der Waals surface area contributed by atoms with Crippen LogP contribution in [0, 0.1) is 5.92 Å². The first kappa shape index (κ1) is 18.7. The quantitative estimate of drug-likeness (QED) is 0.719. The molecule has 1 fully saturated rings. The van der Waals surface area contributed by atoms with Crippen molar-refractivity contribution in [3.05, 3.63) is 47.5 Å². The number of aromatic nitrogens is 2. The van der Waals surface area contributed by atoms with Gasteiger partial charge in [-0.25, -0.2) is 4.98 Å². The minimum Gasteiger partial charge on any atom is -0.493 e. The highest BCUT2D eigenvalue weighted by molar-refractivity contribution is 6.30. The third-order valence-corrected chi connectivity index (χ3v) is 4.94. The van der Waals surface area contributed by atoms with Gasteiger partial charge in [0.25, 0.3) is 0 Å². The Bertz CT molecular complexity index is 720. The fourth-order valence-electron chi connectivity index (χ4n) is 3.33. The summed E-state index contributed by atoms with van der Waals surface area (Å²) < 4.78 is 8.03. The Hall–Kier alpha value is -2.05. The lowest BCUT2D eigenvalue weighted by atomic mass is 9.97. The molecule has 7 heteroatoms. The molecule has 1 aliphatic rings. The molecule has 1 aromatic carbocycles. The molecule has 0 saturated carbocycles. The highest BCUT2D eigenvalue weighted by atomic mass is 35.5. The predicted molar refractivity (Wildman–Crippen MR) is 101 cm³/mol. The fraction of sp³-hybridized carbons (Fsp3) is 0.474. The van der Waals surface area contributed by atoms with E-state index in [1.54, 1.807) is 12.5 Å². The van der Waals surface area contributed by atoms with E-state index in [0.717, 1.165) is 43.7 Å². The van der Waals surface area contributed by atoms with Gasteiger partial charge in [-0.1, -0.05) is 11.6 Å². The Balaban J connectivity index is 1.57. The first-order chi connectivity index (χ1) is 12.6. The molecule has 26 heavy (non-hydrogen) atoms. The summed E-state index contributed by atoms with van der Waals surface area (Å²) in [5, 5.41) is 0.689. The van der Waals surface area contributed by atoms with E-state index in [9.17, 15) is 4.79 Å². The van der Waals surface area contributed by atoms with Crippen LogP contribution in [0.4, 0.5) is 0 Å². The van der Waals surface area contributed by atoms with Crippen molar-refractivity contribution in [2.24, 2.45) is 11.7 Å². The molecular weight excluding hydrogens is 352 g/mol. The first-order valence-electron chi connectivity index (χ1n) is 9.00. The molecule has 2 N–H and O–H groups in total. The Morgan fingerprint density at radius 1 is 1.42 bits per heavy atom. The van der Waals surface area contributed by atoms with Gasteiger partial charge in [0.15, 0.2) is 0 Å². The molecule has 6 nitrogen and oxygen atoms in total. The zero-order valence-corrected chi connectivity index (χ0v) is 15.6. The number of carbonyl (C=O) groups is 1. The molecular formula is C19H25ClN4O2. The maximum Gasteiger partial charge on any atom is 0.221 e. The summed E-state index contributed by atoms with van der Waals surface area (Å²) in [5.74, 6) is 0.570. The van der Waals surface area contributed by atoms with Crippen molar-refractivity contribution in [2.75, 3.05) is 19.7 Å². The SMILES string of the molecule is NC(=O)[C@H]1CCCN(Cc2cc(Cl)ccc2OCCCn2ccnc2)C1. The number of ether oxygens (including phenoxy) is 1.